The highest BCUT2D eigenvalue weighted by Gasteiger charge is 2.36. The highest BCUT2D eigenvalue weighted by Crippen LogP contribution is 2.32. The quantitative estimate of drug-likeness (QED) is 0.558. The highest BCUT2D eigenvalue weighted by molar-refractivity contribution is 5.75. The largest absolute Gasteiger partial charge is 0.401 e. The van der Waals surface area contributed by atoms with Crippen LogP contribution in [0.5, 0.6) is 0 Å². The molecule has 0 heterocycles. The minimum atomic E-state index is -3.31. The first-order valence-corrected chi connectivity index (χ1v) is 3.10. The van der Waals surface area contributed by atoms with Gasteiger partial charge in [0.15, 0.2) is 0 Å². The van der Waals surface area contributed by atoms with Crippen LogP contribution in [0.1, 0.15) is 19.8 Å². The molecule has 1 saturated carbocycles. The molecule has 2 nitrogen and oxygen atoms in total. The van der Waals surface area contributed by atoms with Gasteiger partial charge in [-0.05, 0) is 12.8 Å². The molecule has 1 fully saturated rings. The lowest BCUT2D eigenvalue weighted by Gasteiger charge is -2.09. The number of hydrogen-bond acceptors (Lipinski definition) is 2. The lowest BCUT2D eigenvalue weighted by Crippen LogP contribution is -2.21. The fourth-order valence-electron chi connectivity index (χ4n) is 0.579. The fraction of sp³-hybridized carbons (Fsp3) is 0.833. The summed E-state index contributed by atoms with van der Waals surface area (Å²) in [6, 6.07) is 0. The minimum absolute atomic E-state index is 0.258. The molecule has 0 aromatic heterocycles. The topological polar surface area (TPSA) is 26.3 Å². The number of hydrogen-bond donors (Lipinski definition) is 0. The fourth-order valence-corrected chi connectivity index (χ4v) is 0.579. The van der Waals surface area contributed by atoms with Crippen LogP contribution in [0.2, 0.25) is 0 Å². The normalized spacial score (nSPS) is 18.7. The number of alkyl halides is 2. The van der Waals surface area contributed by atoms with Crippen molar-refractivity contribution < 1.29 is 18.3 Å². The summed E-state index contributed by atoms with van der Waals surface area (Å²) in [5.74, 6) is -1.03. The van der Waals surface area contributed by atoms with Gasteiger partial charge in [-0.1, -0.05) is 0 Å². The number of rotatable bonds is 2. The molecular formula is C6H8F2O2. The minimum Gasteiger partial charge on any atom is -0.401 e. The molecule has 4 heteroatoms. The maximum Gasteiger partial charge on any atom is 0.396 e. The second kappa shape index (κ2) is 2.18. The van der Waals surface area contributed by atoms with Crippen molar-refractivity contribution in [1.82, 2.24) is 0 Å². The van der Waals surface area contributed by atoms with Crippen LogP contribution in [0.25, 0.3) is 0 Å². The molecule has 0 aromatic rings. The van der Waals surface area contributed by atoms with E-state index in [2.05, 4.69) is 4.74 Å². The standard InChI is InChI=1S/C6H8F2O2/c1-6(7,8)10-5(9)4-2-3-4/h4H,2-3H2,1H3. The van der Waals surface area contributed by atoms with Gasteiger partial charge in [0.1, 0.15) is 0 Å². The second-order valence-corrected chi connectivity index (χ2v) is 2.50. The zero-order valence-electron chi connectivity index (χ0n) is 5.56. The number of carbonyl (C=O) groups excluding carboxylic acids is 1. The summed E-state index contributed by atoms with van der Waals surface area (Å²) >= 11 is 0. The number of esters is 1. The highest BCUT2D eigenvalue weighted by atomic mass is 19.3. The maximum atomic E-state index is 11.9. The van der Waals surface area contributed by atoms with E-state index >= 15 is 0 Å². The molecule has 0 amide bonds. The van der Waals surface area contributed by atoms with Gasteiger partial charge in [-0.3, -0.25) is 4.79 Å². The zero-order chi connectivity index (χ0) is 7.78. The Hall–Kier alpha value is -0.670. The molecule has 0 atom stereocenters. The Morgan fingerprint density at radius 2 is 2.10 bits per heavy atom. The third-order valence-electron chi connectivity index (χ3n) is 1.19. The summed E-state index contributed by atoms with van der Waals surface area (Å²) in [6.07, 6.45) is -1.93. The summed E-state index contributed by atoms with van der Waals surface area (Å²) in [4.78, 5) is 10.5. The first-order chi connectivity index (χ1) is 4.49. The molecule has 58 valence electrons. The van der Waals surface area contributed by atoms with Crippen LogP contribution in [-0.2, 0) is 9.53 Å². The Kier molecular flexibility index (Phi) is 1.62. The van der Waals surface area contributed by atoms with E-state index in [-0.39, 0.29) is 5.92 Å². The predicted octanol–water partition coefficient (Wildman–Crippen LogP) is 1.55. The van der Waals surface area contributed by atoms with Crippen LogP contribution in [0.15, 0.2) is 0 Å². The van der Waals surface area contributed by atoms with Crippen molar-refractivity contribution in [2.24, 2.45) is 5.92 Å². The Labute approximate surface area is 57.2 Å². The molecule has 0 radical (unpaired) electrons. The van der Waals surface area contributed by atoms with Crippen LogP contribution in [0, 0.1) is 5.92 Å². The van der Waals surface area contributed by atoms with E-state index in [1.165, 1.54) is 0 Å². The van der Waals surface area contributed by atoms with E-state index < -0.39 is 12.1 Å². The predicted molar refractivity (Wildman–Crippen MR) is 29.4 cm³/mol. The van der Waals surface area contributed by atoms with E-state index in [1.54, 1.807) is 0 Å². The average molecular weight is 150 g/mol. The first-order valence-electron chi connectivity index (χ1n) is 3.10. The smallest absolute Gasteiger partial charge is 0.396 e. The summed E-state index contributed by atoms with van der Waals surface area (Å²) in [5, 5.41) is 0. The maximum absolute atomic E-state index is 11.9. The van der Waals surface area contributed by atoms with Crippen molar-refractivity contribution >= 4 is 5.97 Å². The summed E-state index contributed by atoms with van der Waals surface area (Å²) < 4.78 is 27.6. The van der Waals surface area contributed by atoms with Crippen molar-refractivity contribution in [3.8, 4) is 0 Å². The first kappa shape index (κ1) is 7.44. The molecule has 0 bridgehead atoms. The monoisotopic (exact) mass is 150 g/mol. The van der Waals surface area contributed by atoms with Crippen LogP contribution in [0.4, 0.5) is 8.78 Å². The van der Waals surface area contributed by atoms with Crippen molar-refractivity contribution in [2.75, 3.05) is 0 Å². The van der Waals surface area contributed by atoms with Crippen molar-refractivity contribution in [2.45, 2.75) is 25.9 Å². The molecule has 1 aliphatic carbocycles. The average Bonchev–Trinajstić information content (AvgIpc) is 2.35. The summed E-state index contributed by atoms with van der Waals surface area (Å²) in [7, 11) is 0. The lowest BCUT2D eigenvalue weighted by molar-refractivity contribution is -0.223. The van der Waals surface area contributed by atoms with Crippen molar-refractivity contribution in [3.05, 3.63) is 0 Å². The molecule has 1 aliphatic rings. The van der Waals surface area contributed by atoms with Crippen LogP contribution in [0.3, 0.4) is 0 Å². The van der Waals surface area contributed by atoms with Crippen LogP contribution < -0.4 is 0 Å². The van der Waals surface area contributed by atoms with Gasteiger partial charge in [-0.2, -0.15) is 8.78 Å². The molecule has 0 unspecified atom stereocenters. The van der Waals surface area contributed by atoms with Gasteiger partial charge in [-0.15, -0.1) is 0 Å². The lowest BCUT2D eigenvalue weighted by atomic mass is 10.4. The Bertz CT molecular complexity index is 146. The van der Waals surface area contributed by atoms with Gasteiger partial charge in [0.2, 0.25) is 0 Å². The SMILES string of the molecule is CC(F)(F)OC(=O)C1CC1. The molecule has 1 rings (SSSR count). The molecular weight excluding hydrogens is 142 g/mol. The van der Waals surface area contributed by atoms with E-state index in [0.717, 1.165) is 0 Å². The zero-order valence-corrected chi connectivity index (χ0v) is 5.56. The number of carbonyl (C=O) groups is 1. The summed E-state index contributed by atoms with van der Waals surface area (Å²) in [5.41, 5.74) is 0. The molecule has 0 aromatic carbocycles. The van der Waals surface area contributed by atoms with E-state index in [1.807, 2.05) is 0 Å². The Balaban J connectivity index is 2.30. The molecule has 0 aliphatic heterocycles. The van der Waals surface area contributed by atoms with E-state index in [0.29, 0.717) is 19.8 Å². The third-order valence-corrected chi connectivity index (χ3v) is 1.19. The van der Waals surface area contributed by atoms with Gasteiger partial charge >= 0.3 is 12.1 Å². The van der Waals surface area contributed by atoms with E-state index in [9.17, 15) is 13.6 Å². The van der Waals surface area contributed by atoms with Gasteiger partial charge in [0, 0.05) is 6.92 Å². The molecule has 10 heavy (non-hydrogen) atoms. The van der Waals surface area contributed by atoms with Gasteiger partial charge in [0.25, 0.3) is 0 Å². The van der Waals surface area contributed by atoms with Gasteiger partial charge in [0.05, 0.1) is 5.92 Å². The van der Waals surface area contributed by atoms with Crippen LogP contribution >= 0.6 is 0 Å². The van der Waals surface area contributed by atoms with Crippen LogP contribution in [-0.4, -0.2) is 12.1 Å². The van der Waals surface area contributed by atoms with Crippen molar-refractivity contribution in [3.63, 3.8) is 0 Å². The summed E-state index contributed by atoms with van der Waals surface area (Å²) in [6.45, 7) is 0.563. The Morgan fingerprint density at radius 3 is 2.40 bits per heavy atom. The van der Waals surface area contributed by atoms with Gasteiger partial charge in [-0.25, -0.2) is 0 Å². The molecule has 0 saturated heterocycles. The molecule has 0 N–H and O–H groups in total. The van der Waals surface area contributed by atoms with E-state index in [4.69, 9.17) is 0 Å². The number of ether oxygens (including phenoxy) is 1. The van der Waals surface area contributed by atoms with Gasteiger partial charge < -0.3 is 4.74 Å². The van der Waals surface area contributed by atoms with Crippen molar-refractivity contribution in [1.29, 1.82) is 0 Å². The number of halogens is 2. The third kappa shape index (κ3) is 2.29. The second-order valence-electron chi connectivity index (χ2n) is 2.50. The Morgan fingerprint density at radius 1 is 1.60 bits per heavy atom. The molecule has 0 spiro atoms.